The summed E-state index contributed by atoms with van der Waals surface area (Å²) in [5.41, 5.74) is 6.36. The highest BCUT2D eigenvalue weighted by Crippen LogP contribution is 2.34. The van der Waals surface area contributed by atoms with E-state index in [1.807, 2.05) is 0 Å². The number of likely N-dealkylation sites (tertiary alicyclic amines) is 1. The van der Waals surface area contributed by atoms with Crippen LogP contribution in [0.3, 0.4) is 0 Å². The van der Waals surface area contributed by atoms with E-state index in [1.54, 1.807) is 0 Å². The van der Waals surface area contributed by atoms with Crippen molar-refractivity contribution in [3.8, 4) is 0 Å². The summed E-state index contributed by atoms with van der Waals surface area (Å²) < 4.78 is 0. The summed E-state index contributed by atoms with van der Waals surface area (Å²) in [7, 11) is 0. The lowest BCUT2D eigenvalue weighted by Gasteiger charge is -2.31. The van der Waals surface area contributed by atoms with Crippen molar-refractivity contribution >= 4 is 0 Å². The topological polar surface area (TPSA) is 29.3 Å². The molecule has 2 unspecified atom stereocenters. The van der Waals surface area contributed by atoms with Gasteiger partial charge in [0.2, 0.25) is 0 Å². The van der Waals surface area contributed by atoms with Crippen molar-refractivity contribution in [3.05, 3.63) is 0 Å². The minimum Gasteiger partial charge on any atom is -0.329 e. The highest BCUT2D eigenvalue weighted by Gasteiger charge is 2.34. The molecule has 0 radical (unpaired) electrons. The largest absolute Gasteiger partial charge is 0.329 e. The molecule has 0 spiro atoms. The first-order chi connectivity index (χ1) is 7.34. The van der Waals surface area contributed by atoms with Gasteiger partial charge in [-0.05, 0) is 36.6 Å². The van der Waals surface area contributed by atoms with Gasteiger partial charge in [-0.25, -0.2) is 0 Å². The summed E-state index contributed by atoms with van der Waals surface area (Å²) in [6.45, 7) is 15.0. The first kappa shape index (κ1) is 14.0. The fourth-order valence-corrected chi connectivity index (χ4v) is 2.76. The average Bonchev–Trinajstić information content (AvgIpc) is 2.61. The predicted molar refractivity (Wildman–Crippen MR) is 71.4 cm³/mol. The SMILES string of the molecule is CC(C)CC(CN)N1CCC(C(C)(C)C)C1. The van der Waals surface area contributed by atoms with Crippen LogP contribution < -0.4 is 5.73 Å². The van der Waals surface area contributed by atoms with E-state index in [0.29, 0.717) is 11.5 Å². The Morgan fingerprint density at radius 1 is 1.31 bits per heavy atom. The Bertz CT molecular complexity index is 205. The lowest BCUT2D eigenvalue weighted by atomic mass is 9.80. The molecule has 0 aliphatic carbocycles. The Labute approximate surface area is 102 Å². The molecule has 1 aliphatic rings. The molecule has 0 bridgehead atoms. The molecule has 1 aliphatic heterocycles. The van der Waals surface area contributed by atoms with Crippen LogP contribution in [0.5, 0.6) is 0 Å². The Balaban J connectivity index is 2.50. The van der Waals surface area contributed by atoms with E-state index in [2.05, 4.69) is 39.5 Å². The van der Waals surface area contributed by atoms with Crippen LogP contribution in [-0.2, 0) is 0 Å². The van der Waals surface area contributed by atoms with Crippen molar-refractivity contribution in [1.29, 1.82) is 0 Å². The van der Waals surface area contributed by atoms with E-state index in [1.165, 1.54) is 25.9 Å². The smallest absolute Gasteiger partial charge is 0.0220 e. The quantitative estimate of drug-likeness (QED) is 0.798. The van der Waals surface area contributed by atoms with E-state index in [4.69, 9.17) is 5.73 Å². The van der Waals surface area contributed by atoms with Gasteiger partial charge < -0.3 is 5.73 Å². The van der Waals surface area contributed by atoms with Gasteiger partial charge in [0.05, 0.1) is 0 Å². The third-order valence-corrected chi connectivity index (χ3v) is 3.98. The van der Waals surface area contributed by atoms with Gasteiger partial charge >= 0.3 is 0 Å². The van der Waals surface area contributed by atoms with Gasteiger partial charge in [-0.2, -0.15) is 0 Å². The van der Waals surface area contributed by atoms with Gasteiger partial charge in [-0.15, -0.1) is 0 Å². The zero-order valence-corrected chi connectivity index (χ0v) is 11.8. The molecule has 2 heteroatoms. The van der Waals surface area contributed by atoms with Gasteiger partial charge in [0.25, 0.3) is 0 Å². The summed E-state index contributed by atoms with van der Waals surface area (Å²) in [5, 5.41) is 0. The number of nitrogens with zero attached hydrogens (tertiary/aromatic N) is 1. The van der Waals surface area contributed by atoms with Crippen molar-refractivity contribution in [3.63, 3.8) is 0 Å². The fraction of sp³-hybridized carbons (Fsp3) is 1.00. The van der Waals surface area contributed by atoms with Crippen molar-refractivity contribution in [2.75, 3.05) is 19.6 Å². The number of nitrogens with two attached hydrogens (primary N) is 1. The van der Waals surface area contributed by atoms with Crippen molar-refractivity contribution in [2.24, 2.45) is 23.0 Å². The summed E-state index contributed by atoms with van der Waals surface area (Å²) in [6.07, 6.45) is 2.59. The summed E-state index contributed by atoms with van der Waals surface area (Å²) in [5.74, 6) is 1.59. The molecule has 1 saturated heterocycles. The molecule has 0 aromatic heterocycles. The fourth-order valence-electron chi connectivity index (χ4n) is 2.76. The van der Waals surface area contributed by atoms with Crippen LogP contribution in [0.25, 0.3) is 0 Å². The molecule has 2 atom stereocenters. The molecule has 1 heterocycles. The van der Waals surface area contributed by atoms with Crippen LogP contribution in [0.1, 0.15) is 47.5 Å². The molecule has 0 aromatic carbocycles. The molecule has 0 saturated carbocycles. The molecule has 16 heavy (non-hydrogen) atoms. The highest BCUT2D eigenvalue weighted by atomic mass is 15.2. The third-order valence-electron chi connectivity index (χ3n) is 3.98. The molecule has 2 nitrogen and oxygen atoms in total. The summed E-state index contributed by atoms with van der Waals surface area (Å²) in [4.78, 5) is 2.62. The predicted octanol–water partition coefficient (Wildman–Crippen LogP) is 2.73. The number of hydrogen-bond acceptors (Lipinski definition) is 2. The molecular weight excluding hydrogens is 196 g/mol. The van der Waals surface area contributed by atoms with E-state index in [-0.39, 0.29) is 0 Å². The molecule has 0 amide bonds. The van der Waals surface area contributed by atoms with E-state index in [0.717, 1.165) is 18.4 Å². The van der Waals surface area contributed by atoms with Crippen LogP contribution in [0.4, 0.5) is 0 Å². The molecule has 96 valence electrons. The average molecular weight is 226 g/mol. The van der Waals surface area contributed by atoms with Gasteiger partial charge in [-0.3, -0.25) is 4.90 Å². The Hall–Kier alpha value is -0.0800. The Kier molecular flexibility index (Phi) is 4.81. The summed E-state index contributed by atoms with van der Waals surface area (Å²) in [6, 6.07) is 0.604. The second-order valence-electron chi connectivity index (χ2n) is 6.87. The Morgan fingerprint density at radius 3 is 2.31 bits per heavy atom. The minimum absolute atomic E-state index is 0.450. The van der Waals surface area contributed by atoms with E-state index < -0.39 is 0 Å². The van der Waals surface area contributed by atoms with E-state index >= 15 is 0 Å². The molecular formula is C14H30N2. The second kappa shape index (κ2) is 5.50. The maximum atomic E-state index is 5.91. The molecule has 0 aromatic rings. The van der Waals surface area contributed by atoms with Crippen molar-refractivity contribution in [1.82, 2.24) is 4.90 Å². The van der Waals surface area contributed by atoms with Gasteiger partial charge in [0.15, 0.2) is 0 Å². The maximum absolute atomic E-state index is 5.91. The third kappa shape index (κ3) is 3.74. The number of rotatable bonds is 4. The highest BCUT2D eigenvalue weighted by molar-refractivity contribution is 4.87. The van der Waals surface area contributed by atoms with Crippen LogP contribution in [-0.4, -0.2) is 30.6 Å². The zero-order chi connectivity index (χ0) is 12.3. The van der Waals surface area contributed by atoms with Gasteiger partial charge in [0.1, 0.15) is 0 Å². The minimum atomic E-state index is 0.450. The normalized spacial score (nSPS) is 25.3. The lowest BCUT2D eigenvalue weighted by molar-refractivity contribution is 0.181. The zero-order valence-electron chi connectivity index (χ0n) is 11.8. The van der Waals surface area contributed by atoms with Crippen LogP contribution in [0.15, 0.2) is 0 Å². The van der Waals surface area contributed by atoms with Crippen molar-refractivity contribution < 1.29 is 0 Å². The van der Waals surface area contributed by atoms with Crippen LogP contribution >= 0.6 is 0 Å². The van der Waals surface area contributed by atoms with Crippen LogP contribution in [0.2, 0.25) is 0 Å². The molecule has 1 rings (SSSR count). The lowest BCUT2D eigenvalue weighted by Crippen LogP contribution is -2.40. The standard InChI is InChI=1S/C14H30N2/c1-11(2)8-13(9-15)16-7-6-12(10-16)14(3,4)5/h11-13H,6-10,15H2,1-5H3. The van der Waals surface area contributed by atoms with Gasteiger partial charge in [0, 0.05) is 19.1 Å². The first-order valence-electron chi connectivity index (χ1n) is 6.78. The molecule has 1 fully saturated rings. The maximum Gasteiger partial charge on any atom is 0.0220 e. The monoisotopic (exact) mass is 226 g/mol. The molecule has 2 N–H and O–H groups in total. The van der Waals surface area contributed by atoms with E-state index in [9.17, 15) is 0 Å². The second-order valence-corrected chi connectivity index (χ2v) is 6.87. The first-order valence-corrected chi connectivity index (χ1v) is 6.78. The number of hydrogen-bond donors (Lipinski definition) is 1. The van der Waals surface area contributed by atoms with Gasteiger partial charge in [-0.1, -0.05) is 34.6 Å². The van der Waals surface area contributed by atoms with Crippen LogP contribution in [0, 0.1) is 17.3 Å². The Morgan fingerprint density at radius 2 is 1.94 bits per heavy atom. The van der Waals surface area contributed by atoms with Crippen molar-refractivity contribution in [2.45, 2.75) is 53.5 Å². The summed E-state index contributed by atoms with van der Waals surface area (Å²) >= 11 is 0.